The van der Waals surface area contributed by atoms with Crippen molar-refractivity contribution in [3.63, 3.8) is 0 Å². The molecule has 5 nitrogen and oxygen atoms in total. The van der Waals surface area contributed by atoms with Gasteiger partial charge in [0, 0.05) is 0 Å². The molecule has 21 heavy (non-hydrogen) atoms. The maximum atomic E-state index is 12.6. The second-order valence-electron chi connectivity index (χ2n) is 6.16. The minimum absolute atomic E-state index is 0.153. The van der Waals surface area contributed by atoms with Gasteiger partial charge in [0.05, 0.1) is 17.1 Å². The molecule has 0 aliphatic carbocycles. The van der Waals surface area contributed by atoms with Crippen LogP contribution < -0.4 is 4.72 Å². The minimum Gasteiger partial charge on any atom is -0.281 e. The topological polar surface area (TPSA) is 74.8 Å². The van der Waals surface area contributed by atoms with Gasteiger partial charge < -0.3 is 0 Å². The van der Waals surface area contributed by atoms with E-state index in [2.05, 4.69) is 35.7 Å². The van der Waals surface area contributed by atoms with Gasteiger partial charge >= 0.3 is 0 Å². The van der Waals surface area contributed by atoms with E-state index in [-0.39, 0.29) is 10.3 Å². The van der Waals surface area contributed by atoms with Crippen molar-refractivity contribution in [2.75, 3.05) is 4.72 Å². The molecule has 6 heteroatoms. The van der Waals surface area contributed by atoms with Crippen LogP contribution in [0, 0.1) is 13.8 Å². The van der Waals surface area contributed by atoms with E-state index in [0.717, 1.165) is 5.56 Å². The molecule has 0 atom stereocenters. The molecule has 0 unspecified atom stereocenters. The van der Waals surface area contributed by atoms with Crippen molar-refractivity contribution in [1.29, 1.82) is 0 Å². The summed E-state index contributed by atoms with van der Waals surface area (Å²) in [6.45, 7) is 9.52. The molecule has 2 aromatic rings. The fraction of sp³-hybridized carbons (Fsp3) is 0.400. The largest absolute Gasteiger partial charge is 0.281 e. The van der Waals surface area contributed by atoms with Crippen LogP contribution in [0.4, 0.5) is 5.69 Å². The maximum absolute atomic E-state index is 12.6. The molecule has 0 spiro atoms. The summed E-state index contributed by atoms with van der Waals surface area (Å²) in [6, 6.07) is 7.45. The number of rotatable bonds is 3. The van der Waals surface area contributed by atoms with E-state index in [1.807, 2.05) is 18.2 Å². The maximum Gasteiger partial charge on any atom is 0.265 e. The smallest absolute Gasteiger partial charge is 0.265 e. The lowest BCUT2D eigenvalue weighted by Crippen LogP contribution is -2.19. The molecule has 2 N–H and O–H groups in total. The molecular formula is C15H21N3O2S. The Morgan fingerprint density at radius 1 is 1.14 bits per heavy atom. The molecule has 2 rings (SSSR count). The van der Waals surface area contributed by atoms with Crippen LogP contribution in [0.15, 0.2) is 29.2 Å². The third kappa shape index (κ3) is 3.10. The summed E-state index contributed by atoms with van der Waals surface area (Å²) < 4.78 is 27.9. The van der Waals surface area contributed by atoms with E-state index in [4.69, 9.17) is 0 Å². The zero-order valence-electron chi connectivity index (χ0n) is 13.0. The van der Waals surface area contributed by atoms with Gasteiger partial charge in [0.2, 0.25) is 0 Å². The van der Waals surface area contributed by atoms with Crippen molar-refractivity contribution < 1.29 is 8.42 Å². The molecule has 0 bridgehead atoms. The molecule has 0 saturated carbocycles. The number of H-pyrrole nitrogens is 1. The molecule has 1 aromatic heterocycles. The van der Waals surface area contributed by atoms with E-state index < -0.39 is 10.0 Å². The number of anilines is 1. The van der Waals surface area contributed by atoms with E-state index >= 15 is 0 Å². The van der Waals surface area contributed by atoms with Crippen molar-refractivity contribution in [3.05, 3.63) is 41.2 Å². The molecule has 0 aliphatic heterocycles. The normalized spacial score (nSPS) is 12.4. The number of nitrogens with one attached hydrogen (secondary N) is 2. The molecule has 0 amide bonds. The second kappa shape index (κ2) is 5.18. The van der Waals surface area contributed by atoms with Gasteiger partial charge in [0.15, 0.2) is 0 Å². The summed E-state index contributed by atoms with van der Waals surface area (Å²) in [4.78, 5) is 0.214. The van der Waals surface area contributed by atoms with Gasteiger partial charge in [-0.1, -0.05) is 39.0 Å². The molecule has 0 fully saturated rings. The number of aromatic nitrogens is 2. The predicted molar refractivity (Wildman–Crippen MR) is 84.0 cm³/mol. The summed E-state index contributed by atoms with van der Waals surface area (Å²) in [5.41, 5.74) is 2.40. The Labute approximate surface area is 125 Å². The van der Waals surface area contributed by atoms with E-state index in [0.29, 0.717) is 17.1 Å². The number of hydrogen-bond donors (Lipinski definition) is 2. The summed E-state index contributed by atoms with van der Waals surface area (Å²) >= 11 is 0. The lowest BCUT2D eigenvalue weighted by atomic mass is 9.86. The van der Waals surface area contributed by atoms with E-state index in [1.54, 1.807) is 19.9 Å². The van der Waals surface area contributed by atoms with Gasteiger partial charge in [0.25, 0.3) is 10.0 Å². The molecule has 1 aromatic carbocycles. The zero-order chi connectivity index (χ0) is 15.8. The Morgan fingerprint density at radius 2 is 1.76 bits per heavy atom. The molecule has 0 radical (unpaired) electrons. The van der Waals surface area contributed by atoms with Crippen molar-refractivity contribution in [2.24, 2.45) is 0 Å². The van der Waals surface area contributed by atoms with Crippen molar-refractivity contribution in [1.82, 2.24) is 10.2 Å². The Hall–Kier alpha value is -1.82. The Bertz CT molecular complexity index is 736. The van der Waals surface area contributed by atoms with Crippen LogP contribution in [0.5, 0.6) is 0 Å². The molecule has 114 valence electrons. The highest BCUT2D eigenvalue weighted by atomic mass is 32.2. The van der Waals surface area contributed by atoms with Crippen LogP contribution in [0.25, 0.3) is 0 Å². The summed E-state index contributed by atoms with van der Waals surface area (Å²) in [7, 11) is -3.66. The van der Waals surface area contributed by atoms with Crippen LogP contribution >= 0.6 is 0 Å². The second-order valence-corrected chi connectivity index (χ2v) is 7.78. The average molecular weight is 307 g/mol. The van der Waals surface area contributed by atoms with E-state index in [9.17, 15) is 8.42 Å². The van der Waals surface area contributed by atoms with Crippen molar-refractivity contribution in [3.8, 4) is 0 Å². The van der Waals surface area contributed by atoms with Gasteiger partial charge in [-0.2, -0.15) is 5.10 Å². The van der Waals surface area contributed by atoms with Crippen LogP contribution in [0.2, 0.25) is 0 Å². The molecular weight excluding hydrogens is 286 g/mol. The van der Waals surface area contributed by atoms with Crippen LogP contribution in [-0.4, -0.2) is 18.6 Å². The standard InChI is InChI=1S/C15H21N3O2S/c1-10-14(11(2)17-16-10)21(19,20)18-13-9-7-6-8-12(13)15(3,4)5/h6-9,18H,1-5H3,(H,16,17). The highest BCUT2D eigenvalue weighted by molar-refractivity contribution is 7.92. The number of aryl methyl sites for hydroxylation is 2. The predicted octanol–water partition coefficient (Wildman–Crippen LogP) is 3.12. The number of para-hydroxylation sites is 1. The summed E-state index contributed by atoms with van der Waals surface area (Å²) in [5.74, 6) is 0. The molecule has 1 heterocycles. The van der Waals surface area contributed by atoms with Gasteiger partial charge in [0.1, 0.15) is 4.90 Å². The minimum atomic E-state index is -3.66. The lowest BCUT2D eigenvalue weighted by Gasteiger charge is -2.23. The molecule has 0 saturated heterocycles. The summed E-state index contributed by atoms with van der Waals surface area (Å²) in [6.07, 6.45) is 0. The fourth-order valence-corrected chi connectivity index (χ4v) is 3.81. The number of aromatic amines is 1. The first kappa shape index (κ1) is 15.6. The zero-order valence-corrected chi connectivity index (χ0v) is 13.8. The fourth-order valence-electron chi connectivity index (χ4n) is 2.36. The molecule has 0 aliphatic rings. The SMILES string of the molecule is Cc1n[nH]c(C)c1S(=O)(=O)Nc1ccccc1C(C)(C)C. The van der Waals surface area contributed by atoms with Gasteiger partial charge in [-0.25, -0.2) is 8.42 Å². The van der Waals surface area contributed by atoms with Crippen LogP contribution in [0.3, 0.4) is 0 Å². The Balaban J connectivity index is 2.48. The third-order valence-electron chi connectivity index (χ3n) is 3.31. The Morgan fingerprint density at radius 3 is 2.29 bits per heavy atom. The van der Waals surface area contributed by atoms with Crippen molar-refractivity contribution >= 4 is 15.7 Å². The van der Waals surface area contributed by atoms with Crippen molar-refractivity contribution in [2.45, 2.75) is 44.9 Å². The van der Waals surface area contributed by atoms with E-state index in [1.165, 1.54) is 0 Å². The highest BCUT2D eigenvalue weighted by Crippen LogP contribution is 2.31. The number of benzene rings is 1. The number of nitrogens with zero attached hydrogens (tertiary/aromatic N) is 1. The monoisotopic (exact) mass is 307 g/mol. The Kier molecular flexibility index (Phi) is 3.84. The first-order valence-electron chi connectivity index (χ1n) is 6.77. The lowest BCUT2D eigenvalue weighted by molar-refractivity contribution is 0.590. The highest BCUT2D eigenvalue weighted by Gasteiger charge is 2.25. The number of hydrogen-bond acceptors (Lipinski definition) is 3. The van der Waals surface area contributed by atoms with Crippen LogP contribution in [0.1, 0.15) is 37.7 Å². The quantitative estimate of drug-likeness (QED) is 0.915. The van der Waals surface area contributed by atoms with Gasteiger partial charge in [-0.05, 0) is 30.9 Å². The number of sulfonamides is 1. The average Bonchev–Trinajstić information content (AvgIpc) is 2.68. The first-order chi connectivity index (χ1) is 9.63. The first-order valence-corrected chi connectivity index (χ1v) is 8.25. The third-order valence-corrected chi connectivity index (χ3v) is 4.94. The van der Waals surface area contributed by atoms with Gasteiger partial charge in [-0.15, -0.1) is 0 Å². The van der Waals surface area contributed by atoms with Gasteiger partial charge in [-0.3, -0.25) is 9.82 Å². The summed E-state index contributed by atoms with van der Waals surface area (Å²) in [5, 5.41) is 6.66. The van der Waals surface area contributed by atoms with Crippen LogP contribution in [-0.2, 0) is 15.4 Å².